The number of aryl methyl sites for hydroxylation is 4. The topological polar surface area (TPSA) is 14.8 Å². The molecule has 0 spiro atoms. The molecule has 0 aliphatic carbocycles. The molecule has 0 radical (unpaired) electrons. The third-order valence-electron chi connectivity index (χ3n) is 17.4. The van der Waals surface area contributed by atoms with Gasteiger partial charge in [-0.05, 0) is 156 Å². The van der Waals surface area contributed by atoms with Crippen molar-refractivity contribution in [2.45, 2.75) is 27.7 Å². The fraction of sp³-hybridized carbons (Fsp3) is 0.0562. The van der Waals surface area contributed by atoms with Crippen LogP contribution in [0.15, 0.2) is 352 Å². The van der Waals surface area contributed by atoms with Crippen molar-refractivity contribution in [3.63, 3.8) is 0 Å². The fourth-order valence-electron chi connectivity index (χ4n) is 13.0. The van der Waals surface area contributed by atoms with Crippen LogP contribution in [0.1, 0.15) is 22.3 Å². The highest BCUT2D eigenvalue weighted by Crippen LogP contribution is 2.36. The summed E-state index contributed by atoms with van der Waals surface area (Å²) in [6, 6.07) is 124. The van der Waals surface area contributed by atoms with E-state index >= 15 is 0 Å². The van der Waals surface area contributed by atoms with E-state index < -0.39 is 0 Å². The highest BCUT2D eigenvalue weighted by molar-refractivity contribution is 6.11. The zero-order chi connectivity index (χ0) is 62.8. The van der Waals surface area contributed by atoms with E-state index in [1.165, 1.54) is 144 Å². The van der Waals surface area contributed by atoms with Crippen LogP contribution in [0.3, 0.4) is 0 Å². The van der Waals surface area contributed by atoms with Crippen molar-refractivity contribution in [1.82, 2.24) is 13.7 Å². The number of rotatable bonds is 6. The number of para-hydroxylation sites is 7. The lowest BCUT2D eigenvalue weighted by Crippen LogP contribution is -1.94. The molecule has 0 aliphatic rings. The number of fused-ring (bicyclic) bond motifs is 9. The van der Waals surface area contributed by atoms with Crippen LogP contribution in [0, 0.1) is 27.7 Å². The Bertz CT molecular complexity index is 5110. The first kappa shape index (κ1) is 59.4. The smallest absolute Gasteiger partial charge is 0.0570 e. The van der Waals surface area contributed by atoms with Crippen molar-refractivity contribution < 1.29 is 0 Å². The highest BCUT2D eigenvalue weighted by Gasteiger charge is 2.15. The number of benzene rings is 14. The van der Waals surface area contributed by atoms with E-state index in [0.717, 1.165) is 0 Å². The molecule has 444 valence electrons. The average molecular weight is 1180 g/mol. The van der Waals surface area contributed by atoms with Crippen LogP contribution in [0.25, 0.3) is 121 Å². The van der Waals surface area contributed by atoms with Gasteiger partial charge in [0.15, 0.2) is 0 Å². The Balaban J connectivity index is 0.000000105. The van der Waals surface area contributed by atoms with E-state index in [-0.39, 0.29) is 0 Å². The Morgan fingerprint density at radius 3 is 1.04 bits per heavy atom. The Morgan fingerprint density at radius 2 is 0.565 bits per heavy atom. The van der Waals surface area contributed by atoms with Gasteiger partial charge in [0.2, 0.25) is 0 Å². The van der Waals surface area contributed by atoms with Crippen LogP contribution < -0.4 is 0 Å². The zero-order valence-corrected chi connectivity index (χ0v) is 52.8. The van der Waals surface area contributed by atoms with Gasteiger partial charge in [-0.2, -0.15) is 0 Å². The summed E-state index contributed by atoms with van der Waals surface area (Å²) in [6.45, 7) is 8.68. The summed E-state index contributed by atoms with van der Waals surface area (Å²) < 4.78 is 6.94. The lowest BCUT2D eigenvalue weighted by Gasteiger charge is -2.11. The minimum Gasteiger partial charge on any atom is -0.344 e. The van der Waals surface area contributed by atoms with Gasteiger partial charge in [-0.25, -0.2) is 0 Å². The van der Waals surface area contributed by atoms with E-state index in [0.29, 0.717) is 0 Å². The molecule has 0 saturated carbocycles. The Hall–Kier alpha value is -11.5. The van der Waals surface area contributed by atoms with Crippen LogP contribution >= 0.6 is 0 Å². The summed E-state index contributed by atoms with van der Waals surface area (Å²) in [5, 5.41) is 7.95. The molecule has 3 heteroatoms. The molecule has 0 bridgehead atoms. The van der Waals surface area contributed by atoms with Gasteiger partial charge in [0.1, 0.15) is 0 Å². The molecule has 14 aromatic carbocycles. The number of hydrogen-bond acceptors (Lipinski definition) is 0. The van der Waals surface area contributed by atoms with Gasteiger partial charge in [-0.15, -0.1) is 0 Å². The summed E-state index contributed by atoms with van der Waals surface area (Å²) in [4.78, 5) is 0. The van der Waals surface area contributed by atoms with Crippen molar-refractivity contribution in [3.8, 4) is 55.9 Å². The Morgan fingerprint density at radius 1 is 0.217 bits per heavy atom. The average Bonchev–Trinajstić information content (AvgIpc) is 1.65. The number of nitrogens with zero attached hydrogens (tertiary/aromatic N) is 3. The first-order valence-corrected chi connectivity index (χ1v) is 31.7. The molecule has 0 atom stereocenters. The molecule has 92 heavy (non-hydrogen) atoms. The molecule has 0 N–H and O–H groups in total. The van der Waals surface area contributed by atoms with Crippen LogP contribution in [0.5, 0.6) is 0 Å². The maximum absolute atomic E-state index is 2.36. The van der Waals surface area contributed by atoms with E-state index in [9.17, 15) is 0 Å². The number of aromatic nitrogens is 3. The molecule has 0 saturated heterocycles. The predicted octanol–water partition coefficient (Wildman–Crippen LogP) is 24.2. The second kappa shape index (κ2) is 27.5. The third-order valence-corrected chi connectivity index (χ3v) is 17.4. The molecule has 17 rings (SSSR count). The predicted molar refractivity (Wildman–Crippen MR) is 396 cm³/mol. The summed E-state index contributed by atoms with van der Waals surface area (Å²) in [5.41, 5.74) is 25.6. The zero-order valence-electron chi connectivity index (χ0n) is 52.8. The van der Waals surface area contributed by atoms with Gasteiger partial charge in [-0.3, -0.25) is 0 Å². The fourth-order valence-corrected chi connectivity index (χ4v) is 13.0. The monoisotopic (exact) mass is 1180 g/mol. The van der Waals surface area contributed by atoms with Gasteiger partial charge in [-0.1, -0.05) is 291 Å². The first-order chi connectivity index (χ1) is 45.3. The SMILES string of the molecule is Cc1c(-c2ccccc2)cccc1-c1ccccc1.Cc1cc(-c2ccccc2)cc(-c2ccccc2)c1.Cc1ccc2c(c1)c1ccccc1n2-c1ccccc1.Cc1cccc2c3ccccc3n(-c3ccccc3)c12.Cn1c2ccccc2c2ccccc21. The Labute approximate surface area is 540 Å². The van der Waals surface area contributed by atoms with Crippen molar-refractivity contribution in [1.29, 1.82) is 0 Å². The van der Waals surface area contributed by atoms with Gasteiger partial charge >= 0.3 is 0 Å². The molecular weight excluding hydrogens is 1110 g/mol. The lowest BCUT2D eigenvalue weighted by atomic mass is 9.93. The first-order valence-electron chi connectivity index (χ1n) is 31.7. The standard InChI is InChI=1S/2C19H15N.2C19H16.C13H11N/c1-14-8-7-12-17-16-11-5-6-13-18(16)20(19(14)17)15-9-3-2-4-10-15;1-14-11-12-19-17(13-14)16-9-5-6-10-18(16)20(19)15-7-3-2-4-8-15;1-15-18(16-9-4-2-5-10-16)13-8-14-19(15)17-11-6-3-7-12-17;1-15-12-18(16-8-4-2-5-9-16)14-19(13-15)17-10-6-3-7-11-17;1-14-12-8-4-2-6-10(12)11-7-3-5-9-13(11)14/h2*2-13H,1H3;2*2-14H,1H3;2-9H,1H3. The minimum absolute atomic E-state index is 1.21. The minimum atomic E-state index is 1.21. The summed E-state index contributed by atoms with van der Waals surface area (Å²) in [5.74, 6) is 0. The van der Waals surface area contributed by atoms with Gasteiger partial charge in [0.25, 0.3) is 0 Å². The van der Waals surface area contributed by atoms with Gasteiger partial charge in [0, 0.05) is 61.8 Å². The van der Waals surface area contributed by atoms with Crippen molar-refractivity contribution >= 4 is 65.4 Å². The van der Waals surface area contributed by atoms with Crippen LogP contribution in [0.2, 0.25) is 0 Å². The van der Waals surface area contributed by atoms with Gasteiger partial charge < -0.3 is 13.7 Å². The van der Waals surface area contributed by atoms with E-state index in [1.54, 1.807) is 0 Å². The highest BCUT2D eigenvalue weighted by atomic mass is 15.0. The van der Waals surface area contributed by atoms with E-state index in [1.807, 2.05) is 0 Å². The molecule has 3 nitrogen and oxygen atoms in total. The normalized spacial score (nSPS) is 10.9. The molecular formula is C89H73N3. The van der Waals surface area contributed by atoms with Crippen LogP contribution in [-0.4, -0.2) is 13.7 Å². The van der Waals surface area contributed by atoms with Crippen molar-refractivity contribution in [3.05, 3.63) is 374 Å². The van der Waals surface area contributed by atoms with Crippen molar-refractivity contribution in [2.75, 3.05) is 0 Å². The second-order valence-electron chi connectivity index (χ2n) is 23.5. The molecule has 0 fully saturated rings. The lowest BCUT2D eigenvalue weighted by molar-refractivity contribution is 1.01. The summed E-state index contributed by atoms with van der Waals surface area (Å²) >= 11 is 0. The van der Waals surface area contributed by atoms with Crippen LogP contribution in [0.4, 0.5) is 0 Å². The molecule has 0 amide bonds. The van der Waals surface area contributed by atoms with E-state index in [4.69, 9.17) is 0 Å². The van der Waals surface area contributed by atoms with Crippen LogP contribution in [-0.2, 0) is 7.05 Å². The Kier molecular flexibility index (Phi) is 17.8. The molecule has 17 aromatic rings. The molecule has 3 aromatic heterocycles. The van der Waals surface area contributed by atoms with Gasteiger partial charge in [0.05, 0.1) is 22.1 Å². The third kappa shape index (κ3) is 12.6. The summed E-state index contributed by atoms with van der Waals surface area (Å²) in [6.07, 6.45) is 0. The maximum atomic E-state index is 2.36. The number of hydrogen-bond donors (Lipinski definition) is 0. The second-order valence-corrected chi connectivity index (χ2v) is 23.5. The van der Waals surface area contributed by atoms with Crippen molar-refractivity contribution in [2.24, 2.45) is 7.05 Å². The quantitative estimate of drug-likeness (QED) is 0.158. The summed E-state index contributed by atoms with van der Waals surface area (Å²) in [7, 11) is 2.12. The maximum Gasteiger partial charge on any atom is 0.0570 e. The van der Waals surface area contributed by atoms with E-state index in [2.05, 4.69) is 400 Å². The molecule has 3 heterocycles. The molecule has 0 aliphatic heterocycles. The largest absolute Gasteiger partial charge is 0.344 e. The molecule has 0 unspecified atom stereocenters.